The van der Waals surface area contributed by atoms with Crippen molar-refractivity contribution in [3.63, 3.8) is 0 Å². The Morgan fingerprint density at radius 1 is 0.914 bits per heavy atom. The summed E-state index contributed by atoms with van der Waals surface area (Å²) in [6, 6.07) is 21.6. The van der Waals surface area contributed by atoms with Gasteiger partial charge in [0.1, 0.15) is 5.70 Å². The molecule has 1 aromatic heterocycles. The van der Waals surface area contributed by atoms with Crippen molar-refractivity contribution in [1.29, 1.82) is 0 Å². The maximum absolute atomic E-state index is 13.0. The number of ether oxygens (including phenoxy) is 2. The number of hydrazone groups is 1. The highest BCUT2D eigenvalue weighted by atomic mass is 16.5. The van der Waals surface area contributed by atoms with Crippen LogP contribution in [0.4, 0.5) is 0 Å². The molecule has 0 aliphatic heterocycles. The monoisotopic (exact) mass is 468 g/mol. The Hall–Kier alpha value is -4.85. The quantitative estimate of drug-likeness (QED) is 0.206. The number of carbonyl (C=O) groups is 2. The van der Waals surface area contributed by atoms with Crippen molar-refractivity contribution < 1.29 is 19.1 Å². The number of nitrogens with one attached hydrogen (secondary N) is 3. The van der Waals surface area contributed by atoms with E-state index in [1.165, 1.54) is 14.2 Å². The van der Waals surface area contributed by atoms with Crippen LogP contribution in [-0.2, 0) is 4.79 Å². The molecule has 4 rings (SSSR count). The van der Waals surface area contributed by atoms with E-state index >= 15 is 0 Å². The van der Waals surface area contributed by atoms with Gasteiger partial charge < -0.3 is 19.8 Å². The van der Waals surface area contributed by atoms with E-state index in [9.17, 15) is 9.59 Å². The molecule has 3 aromatic carbocycles. The number of hydrogen-bond acceptors (Lipinski definition) is 5. The van der Waals surface area contributed by atoms with Crippen molar-refractivity contribution in [3.05, 3.63) is 101 Å². The fraction of sp³-hybridized carbons (Fsp3) is 0.0741. The second-order valence-corrected chi connectivity index (χ2v) is 7.48. The van der Waals surface area contributed by atoms with Crippen LogP contribution < -0.4 is 20.2 Å². The third kappa shape index (κ3) is 5.56. The predicted molar refractivity (Wildman–Crippen MR) is 135 cm³/mol. The smallest absolute Gasteiger partial charge is 0.287 e. The Morgan fingerprint density at radius 2 is 1.66 bits per heavy atom. The van der Waals surface area contributed by atoms with Gasteiger partial charge in [0.25, 0.3) is 11.8 Å². The van der Waals surface area contributed by atoms with Gasteiger partial charge in [-0.05, 0) is 42.0 Å². The molecular formula is C27H24N4O4. The number of H-pyrrole nitrogens is 1. The molecule has 0 aliphatic rings. The van der Waals surface area contributed by atoms with Crippen LogP contribution in [0.3, 0.4) is 0 Å². The van der Waals surface area contributed by atoms with E-state index in [0.717, 1.165) is 16.5 Å². The van der Waals surface area contributed by atoms with Crippen LogP contribution in [0.2, 0.25) is 0 Å². The highest BCUT2D eigenvalue weighted by Crippen LogP contribution is 2.28. The third-order valence-electron chi connectivity index (χ3n) is 5.24. The van der Waals surface area contributed by atoms with Crippen molar-refractivity contribution in [1.82, 2.24) is 15.7 Å². The average Bonchev–Trinajstić information content (AvgIpc) is 3.31. The van der Waals surface area contributed by atoms with Gasteiger partial charge in [-0.25, -0.2) is 5.43 Å². The number of amides is 2. The molecule has 0 bridgehead atoms. The zero-order valence-electron chi connectivity index (χ0n) is 19.2. The second kappa shape index (κ2) is 10.8. The molecule has 0 saturated carbocycles. The number of carbonyl (C=O) groups excluding carboxylic acids is 2. The van der Waals surface area contributed by atoms with Gasteiger partial charge >= 0.3 is 0 Å². The molecule has 1 heterocycles. The Morgan fingerprint density at radius 3 is 2.43 bits per heavy atom. The zero-order chi connectivity index (χ0) is 24.6. The minimum Gasteiger partial charge on any atom is -0.493 e. The summed E-state index contributed by atoms with van der Waals surface area (Å²) in [6.45, 7) is 0. The molecule has 176 valence electrons. The van der Waals surface area contributed by atoms with Gasteiger partial charge in [0.05, 0.1) is 20.4 Å². The Bertz CT molecular complexity index is 1410. The first-order valence-electron chi connectivity index (χ1n) is 10.8. The topological polar surface area (TPSA) is 105 Å². The summed E-state index contributed by atoms with van der Waals surface area (Å²) in [7, 11) is 3.06. The first-order valence-corrected chi connectivity index (χ1v) is 10.8. The van der Waals surface area contributed by atoms with Crippen molar-refractivity contribution >= 4 is 35.0 Å². The first-order chi connectivity index (χ1) is 17.1. The van der Waals surface area contributed by atoms with Gasteiger partial charge in [0, 0.05) is 28.2 Å². The molecule has 0 radical (unpaired) electrons. The molecule has 0 atom stereocenters. The van der Waals surface area contributed by atoms with Crippen LogP contribution in [0.1, 0.15) is 21.5 Å². The minimum atomic E-state index is -0.583. The Kier molecular flexibility index (Phi) is 7.22. The van der Waals surface area contributed by atoms with Crippen molar-refractivity contribution in [2.75, 3.05) is 14.2 Å². The highest BCUT2D eigenvalue weighted by molar-refractivity contribution is 6.06. The van der Waals surface area contributed by atoms with E-state index in [0.29, 0.717) is 22.6 Å². The molecule has 0 spiro atoms. The molecular weight excluding hydrogens is 444 g/mol. The van der Waals surface area contributed by atoms with E-state index in [1.807, 2.05) is 30.3 Å². The summed E-state index contributed by atoms with van der Waals surface area (Å²) in [5, 5.41) is 7.74. The van der Waals surface area contributed by atoms with Gasteiger partial charge in [0.15, 0.2) is 11.5 Å². The fourth-order valence-corrected chi connectivity index (χ4v) is 3.47. The SMILES string of the molecule is COc1ccc(/C=C(/NC(=O)c2ccccc2)C(=O)N/N=C\c2c[nH]c3ccccc23)cc1OC. The molecule has 8 nitrogen and oxygen atoms in total. The van der Waals surface area contributed by atoms with Crippen LogP contribution in [-0.4, -0.2) is 37.2 Å². The lowest BCUT2D eigenvalue weighted by Crippen LogP contribution is -2.32. The van der Waals surface area contributed by atoms with Crippen LogP contribution in [0.25, 0.3) is 17.0 Å². The lowest BCUT2D eigenvalue weighted by molar-refractivity contribution is -0.117. The minimum absolute atomic E-state index is 0.0159. The molecule has 3 N–H and O–H groups in total. The maximum Gasteiger partial charge on any atom is 0.287 e. The largest absolute Gasteiger partial charge is 0.493 e. The van der Waals surface area contributed by atoms with Crippen molar-refractivity contribution in [2.24, 2.45) is 5.10 Å². The summed E-state index contributed by atoms with van der Waals surface area (Å²) < 4.78 is 10.6. The average molecular weight is 469 g/mol. The predicted octanol–water partition coefficient (Wildman–Crippen LogP) is 4.11. The molecule has 8 heteroatoms. The summed E-state index contributed by atoms with van der Waals surface area (Å²) in [5.74, 6) is 0.0355. The van der Waals surface area contributed by atoms with E-state index < -0.39 is 11.8 Å². The van der Waals surface area contributed by atoms with Crippen molar-refractivity contribution in [2.45, 2.75) is 0 Å². The molecule has 2 amide bonds. The molecule has 35 heavy (non-hydrogen) atoms. The van der Waals surface area contributed by atoms with Crippen LogP contribution in [0.5, 0.6) is 11.5 Å². The van der Waals surface area contributed by atoms with Gasteiger partial charge in [-0.2, -0.15) is 5.10 Å². The number of aromatic amines is 1. The lowest BCUT2D eigenvalue weighted by atomic mass is 10.1. The summed E-state index contributed by atoms with van der Waals surface area (Å²) in [5.41, 5.74) is 5.33. The van der Waals surface area contributed by atoms with Gasteiger partial charge in [-0.3, -0.25) is 9.59 Å². The molecule has 0 saturated heterocycles. The Labute approximate surface area is 202 Å². The van der Waals surface area contributed by atoms with Crippen LogP contribution in [0, 0.1) is 0 Å². The molecule has 0 fully saturated rings. The molecule has 0 unspecified atom stereocenters. The van der Waals surface area contributed by atoms with E-state index in [-0.39, 0.29) is 5.70 Å². The number of rotatable bonds is 8. The molecule has 0 aliphatic carbocycles. The highest BCUT2D eigenvalue weighted by Gasteiger charge is 2.15. The summed E-state index contributed by atoms with van der Waals surface area (Å²) in [4.78, 5) is 28.9. The summed E-state index contributed by atoms with van der Waals surface area (Å²) >= 11 is 0. The van der Waals surface area contributed by atoms with Crippen molar-refractivity contribution in [3.8, 4) is 11.5 Å². The van der Waals surface area contributed by atoms with Gasteiger partial charge in [-0.1, -0.05) is 42.5 Å². The summed E-state index contributed by atoms with van der Waals surface area (Å²) in [6.07, 6.45) is 4.89. The standard InChI is InChI=1S/C27H24N4O4/c1-34-24-13-12-18(15-25(24)35-2)14-23(30-26(32)19-8-4-3-5-9-19)27(33)31-29-17-20-16-28-22-11-7-6-10-21(20)22/h3-17,28H,1-2H3,(H,30,32)(H,31,33)/b23-14+,29-17-. The van der Waals surface area contributed by atoms with Crippen LogP contribution >= 0.6 is 0 Å². The number of benzene rings is 3. The van der Waals surface area contributed by atoms with E-state index in [4.69, 9.17) is 9.47 Å². The number of para-hydroxylation sites is 1. The van der Waals surface area contributed by atoms with E-state index in [2.05, 4.69) is 20.8 Å². The number of methoxy groups -OCH3 is 2. The number of nitrogens with zero attached hydrogens (tertiary/aromatic N) is 1. The fourth-order valence-electron chi connectivity index (χ4n) is 3.47. The number of hydrogen-bond donors (Lipinski definition) is 3. The Balaban J connectivity index is 1.59. The van der Waals surface area contributed by atoms with Gasteiger partial charge in [-0.15, -0.1) is 0 Å². The lowest BCUT2D eigenvalue weighted by Gasteiger charge is -2.11. The second-order valence-electron chi connectivity index (χ2n) is 7.48. The number of aromatic nitrogens is 1. The maximum atomic E-state index is 13.0. The zero-order valence-corrected chi connectivity index (χ0v) is 19.2. The normalized spacial score (nSPS) is 11.4. The number of fused-ring (bicyclic) bond motifs is 1. The third-order valence-corrected chi connectivity index (χ3v) is 5.24. The van der Waals surface area contributed by atoms with Crippen LogP contribution in [0.15, 0.2) is 89.8 Å². The first kappa shape index (κ1) is 23.3. The van der Waals surface area contributed by atoms with Gasteiger partial charge in [0.2, 0.25) is 0 Å². The molecule has 4 aromatic rings. The van der Waals surface area contributed by atoms with E-state index in [1.54, 1.807) is 61.0 Å².